The summed E-state index contributed by atoms with van der Waals surface area (Å²) in [6.07, 6.45) is -0.434. The Kier molecular flexibility index (Phi) is 7.09. The molecule has 7 heteroatoms. The van der Waals surface area contributed by atoms with Gasteiger partial charge in [-0.25, -0.2) is 4.79 Å². The highest BCUT2D eigenvalue weighted by molar-refractivity contribution is 9.10. The van der Waals surface area contributed by atoms with E-state index in [9.17, 15) is 4.79 Å². The van der Waals surface area contributed by atoms with Crippen LogP contribution in [0.4, 0.5) is 10.5 Å². The number of ether oxygens (including phenoxy) is 1. The normalized spacial score (nSPS) is 10.8. The van der Waals surface area contributed by atoms with Crippen molar-refractivity contribution in [3.05, 3.63) is 28.2 Å². The Morgan fingerprint density at radius 1 is 1.27 bits per heavy atom. The molecule has 22 heavy (non-hydrogen) atoms. The van der Waals surface area contributed by atoms with Gasteiger partial charge in [-0.2, -0.15) is 0 Å². The summed E-state index contributed by atoms with van der Waals surface area (Å²) in [4.78, 5) is 11.4. The van der Waals surface area contributed by atoms with Gasteiger partial charge in [0.15, 0.2) is 5.11 Å². The van der Waals surface area contributed by atoms with Gasteiger partial charge in [-0.05, 0) is 63.7 Å². The van der Waals surface area contributed by atoms with Gasteiger partial charge in [-0.3, -0.25) is 0 Å². The SMILES string of the molecule is Cc1cc(NC(=S)NCCNC(=O)OC(C)(C)C)ccc1Br. The number of anilines is 1. The fraction of sp³-hybridized carbons (Fsp3) is 0.467. The average Bonchev–Trinajstić information content (AvgIpc) is 2.37. The molecule has 122 valence electrons. The van der Waals surface area contributed by atoms with E-state index in [1.807, 2.05) is 45.9 Å². The lowest BCUT2D eigenvalue weighted by atomic mass is 10.2. The molecule has 0 atom stereocenters. The van der Waals surface area contributed by atoms with Crippen molar-refractivity contribution >= 4 is 45.0 Å². The van der Waals surface area contributed by atoms with E-state index in [4.69, 9.17) is 17.0 Å². The molecular formula is C15H22BrN3O2S. The van der Waals surface area contributed by atoms with Crippen molar-refractivity contribution in [3.63, 3.8) is 0 Å². The molecule has 0 aliphatic heterocycles. The van der Waals surface area contributed by atoms with Crippen molar-refractivity contribution in [2.45, 2.75) is 33.3 Å². The molecule has 3 N–H and O–H groups in total. The number of hydrogen-bond acceptors (Lipinski definition) is 3. The molecule has 0 aromatic heterocycles. The minimum absolute atomic E-state index is 0.427. The molecule has 0 heterocycles. The van der Waals surface area contributed by atoms with Crippen molar-refractivity contribution in [1.29, 1.82) is 0 Å². The van der Waals surface area contributed by atoms with E-state index >= 15 is 0 Å². The molecule has 0 unspecified atom stereocenters. The number of rotatable bonds is 4. The molecule has 0 fully saturated rings. The number of benzene rings is 1. The van der Waals surface area contributed by atoms with Crippen LogP contribution >= 0.6 is 28.1 Å². The van der Waals surface area contributed by atoms with Crippen molar-refractivity contribution in [2.24, 2.45) is 0 Å². The Morgan fingerprint density at radius 2 is 1.91 bits per heavy atom. The number of alkyl carbamates (subject to hydrolysis) is 1. The van der Waals surface area contributed by atoms with Crippen LogP contribution in [0, 0.1) is 6.92 Å². The van der Waals surface area contributed by atoms with Gasteiger partial charge in [0.05, 0.1) is 0 Å². The molecule has 5 nitrogen and oxygen atoms in total. The third kappa shape index (κ3) is 7.61. The Balaban J connectivity index is 2.26. The first-order chi connectivity index (χ1) is 10.2. The van der Waals surface area contributed by atoms with E-state index < -0.39 is 11.7 Å². The van der Waals surface area contributed by atoms with Gasteiger partial charge in [0.1, 0.15) is 5.60 Å². The molecule has 0 spiro atoms. The minimum Gasteiger partial charge on any atom is -0.444 e. The third-order valence-corrected chi connectivity index (χ3v) is 3.63. The van der Waals surface area contributed by atoms with Crippen LogP contribution in [0.15, 0.2) is 22.7 Å². The maximum absolute atomic E-state index is 11.4. The number of nitrogens with one attached hydrogen (secondary N) is 3. The fourth-order valence-corrected chi connectivity index (χ4v) is 2.02. The molecule has 0 saturated carbocycles. The maximum atomic E-state index is 11.4. The van der Waals surface area contributed by atoms with E-state index in [1.54, 1.807) is 0 Å². The number of hydrogen-bond donors (Lipinski definition) is 3. The van der Waals surface area contributed by atoms with Crippen molar-refractivity contribution in [2.75, 3.05) is 18.4 Å². The summed E-state index contributed by atoms with van der Waals surface area (Å²) in [5.74, 6) is 0. The first-order valence-electron chi connectivity index (χ1n) is 6.95. The quantitative estimate of drug-likeness (QED) is 0.544. The number of halogens is 1. The van der Waals surface area contributed by atoms with Crippen LogP contribution in [0.1, 0.15) is 26.3 Å². The van der Waals surface area contributed by atoms with Gasteiger partial charge in [-0.1, -0.05) is 15.9 Å². The van der Waals surface area contributed by atoms with E-state index in [0.29, 0.717) is 18.2 Å². The van der Waals surface area contributed by atoms with Crippen LogP contribution in [0.2, 0.25) is 0 Å². The summed E-state index contributed by atoms with van der Waals surface area (Å²) >= 11 is 8.65. The van der Waals surface area contributed by atoms with Gasteiger partial charge in [0.2, 0.25) is 0 Å². The number of thiocarbonyl (C=S) groups is 1. The Hall–Kier alpha value is -1.34. The number of carbonyl (C=O) groups is 1. The lowest BCUT2D eigenvalue weighted by Gasteiger charge is -2.19. The van der Waals surface area contributed by atoms with Crippen LogP contribution in [0.3, 0.4) is 0 Å². The first kappa shape index (κ1) is 18.7. The topological polar surface area (TPSA) is 62.4 Å². The Bertz CT molecular complexity index is 544. The largest absolute Gasteiger partial charge is 0.444 e. The summed E-state index contributed by atoms with van der Waals surface area (Å²) in [6.45, 7) is 8.42. The third-order valence-electron chi connectivity index (χ3n) is 2.49. The van der Waals surface area contributed by atoms with E-state index in [1.165, 1.54) is 0 Å². The summed E-state index contributed by atoms with van der Waals surface area (Å²) in [7, 11) is 0. The molecule has 0 aliphatic carbocycles. The average molecular weight is 388 g/mol. The predicted molar refractivity (Wildman–Crippen MR) is 97.3 cm³/mol. The lowest BCUT2D eigenvalue weighted by molar-refractivity contribution is 0.0529. The monoisotopic (exact) mass is 387 g/mol. The van der Waals surface area contributed by atoms with Crippen LogP contribution in [0.25, 0.3) is 0 Å². The standard InChI is InChI=1S/C15H22BrN3O2S/c1-10-9-11(5-6-12(10)16)19-13(22)17-7-8-18-14(20)21-15(2,3)4/h5-6,9H,7-8H2,1-4H3,(H,18,20)(H2,17,19,22). The molecular weight excluding hydrogens is 366 g/mol. The predicted octanol–water partition coefficient (Wildman–Crippen LogP) is 3.57. The van der Waals surface area contributed by atoms with Crippen LogP contribution in [-0.4, -0.2) is 29.9 Å². The zero-order valence-corrected chi connectivity index (χ0v) is 15.7. The molecule has 1 amide bonds. The molecule has 0 radical (unpaired) electrons. The minimum atomic E-state index is -0.492. The van der Waals surface area contributed by atoms with Crippen molar-refractivity contribution in [3.8, 4) is 0 Å². The van der Waals surface area contributed by atoms with Gasteiger partial charge in [0.25, 0.3) is 0 Å². The zero-order chi connectivity index (χ0) is 16.8. The van der Waals surface area contributed by atoms with Crippen LogP contribution in [0.5, 0.6) is 0 Å². The molecule has 0 bridgehead atoms. The lowest BCUT2D eigenvalue weighted by Crippen LogP contribution is -2.39. The Labute approximate surface area is 145 Å². The van der Waals surface area contributed by atoms with Gasteiger partial charge in [-0.15, -0.1) is 0 Å². The van der Waals surface area contributed by atoms with E-state index in [-0.39, 0.29) is 0 Å². The zero-order valence-electron chi connectivity index (χ0n) is 13.2. The molecule has 0 saturated heterocycles. The van der Waals surface area contributed by atoms with Crippen LogP contribution < -0.4 is 16.0 Å². The second-order valence-electron chi connectivity index (χ2n) is 5.77. The smallest absolute Gasteiger partial charge is 0.407 e. The van der Waals surface area contributed by atoms with Crippen LogP contribution in [-0.2, 0) is 4.74 Å². The summed E-state index contributed by atoms with van der Waals surface area (Å²) in [5.41, 5.74) is 1.55. The molecule has 1 aromatic rings. The highest BCUT2D eigenvalue weighted by Gasteiger charge is 2.15. The highest BCUT2D eigenvalue weighted by Crippen LogP contribution is 2.19. The summed E-state index contributed by atoms with van der Waals surface area (Å²) in [5, 5.41) is 9.28. The van der Waals surface area contributed by atoms with E-state index in [0.717, 1.165) is 15.7 Å². The van der Waals surface area contributed by atoms with Crippen molar-refractivity contribution in [1.82, 2.24) is 10.6 Å². The summed E-state index contributed by atoms with van der Waals surface area (Å²) in [6, 6.07) is 5.89. The molecule has 1 aromatic carbocycles. The van der Waals surface area contributed by atoms with Gasteiger partial charge >= 0.3 is 6.09 Å². The van der Waals surface area contributed by atoms with E-state index in [2.05, 4.69) is 31.9 Å². The highest BCUT2D eigenvalue weighted by atomic mass is 79.9. The number of aryl methyl sites for hydroxylation is 1. The second kappa shape index (κ2) is 8.33. The number of amides is 1. The Morgan fingerprint density at radius 3 is 2.50 bits per heavy atom. The number of carbonyl (C=O) groups excluding carboxylic acids is 1. The fourth-order valence-electron chi connectivity index (χ4n) is 1.55. The van der Waals surface area contributed by atoms with Crippen molar-refractivity contribution < 1.29 is 9.53 Å². The molecule has 0 aliphatic rings. The second-order valence-corrected chi connectivity index (χ2v) is 7.04. The maximum Gasteiger partial charge on any atom is 0.407 e. The first-order valence-corrected chi connectivity index (χ1v) is 8.15. The van der Waals surface area contributed by atoms with Gasteiger partial charge in [0, 0.05) is 23.2 Å². The summed E-state index contributed by atoms with van der Waals surface area (Å²) < 4.78 is 6.19. The van der Waals surface area contributed by atoms with Gasteiger partial charge < -0.3 is 20.7 Å². The molecule has 1 rings (SSSR count).